The summed E-state index contributed by atoms with van der Waals surface area (Å²) in [5, 5.41) is 3.92. The van der Waals surface area contributed by atoms with Crippen LogP contribution >= 0.6 is 11.8 Å². The first-order valence-corrected chi connectivity index (χ1v) is 16.4. The molecule has 1 fully saturated rings. The molecule has 4 nitrogen and oxygen atoms in total. The van der Waals surface area contributed by atoms with Crippen LogP contribution in [0.1, 0.15) is 80.5 Å². The molecule has 1 N–H and O–H groups in total. The lowest BCUT2D eigenvalue weighted by molar-refractivity contribution is -0.131. The minimum atomic E-state index is -0.313. The number of aryl methyl sites for hydroxylation is 2. The molecule has 41 heavy (non-hydrogen) atoms. The summed E-state index contributed by atoms with van der Waals surface area (Å²) < 4.78 is 5.84. The molecule has 1 aliphatic heterocycles. The molecule has 3 aromatic carbocycles. The van der Waals surface area contributed by atoms with E-state index >= 15 is 0 Å². The first-order valence-electron chi connectivity index (χ1n) is 15.2. The van der Waals surface area contributed by atoms with Crippen molar-refractivity contribution >= 4 is 29.2 Å². The van der Waals surface area contributed by atoms with Gasteiger partial charge in [0.05, 0.1) is 0 Å². The van der Waals surface area contributed by atoms with Crippen molar-refractivity contribution in [2.75, 3.05) is 16.8 Å². The van der Waals surface area contributed by atoms with Crippen molar-refractivity contribution in [3.63, 3.8) is 0 Å². The van der Waals surface area contributed by atoms with E-state index in [2.05, 4.69) is 85.0 Å². The number of benzene rings is 3. The van der Waals surface area contributed by atoms with Crippen LogP contribution in [-0.4, -0.2) is 28.8 Å². The van der Waals surface area contributed by atoms with E-state index in [4.69, 9.17) is 4.74 Å². The van der Waals surface area contributed by atoms with E-state index in [-0.39, 0.29) is 23.3 Å². The number of carbonyl (C=O) groups is 2. The lowest BCUT2D eigenvalue weighted by Gasteiger charge is -2.50. The van der Waals surface area contributed by atoms with E-state index in [1.807, 2.05) is 11.8 Å². The Hall–Kier alpha value is -3.05. The number of rotatable bonds is 12. The third kappa shape index (κ3) is 7.62. The van der Waals surface area contributed by atoms with Gasteiger partial charge in [-0.1, -0.05) is 60.7 Å². The quantitative estimate of drug-likeness (QED) is 0.135. The third-order valence-corrected chi connectivity index (χ3v) is 9.90. The Bertz CT molecular complexity index is 1330. The third-order valence-electron chi connectivity index (χ3n) is 8.75. The number of hydrogen-bond donors (Lipinski definition) is 1. The van der Waals surface area contributed by atoms with Gasteiger partial charge in [-0.25, -0.2) is 0 Å². The average Bonchev–Trinajstić information content (AvgIpc) is 2.95. The van der Waals surface area contributed by atoms with Crippen molar-refractivity contribution in [3.05, 3.63) is 95.1 Å². The highest BCUT2D eigenvalue weighted by Crippen LogP contribution is 2.53. The van der Waals surface area contributed by atoms with E-state index in [0.29, 0.717) is 24.4 Å². The highest BCUT2D eigenvalue weighted by atomic mass is 32.2. The number of thioether (sulfide) groups is 1. The number of carbonyl (C=O) groups excluding carboxylic acids is 2. The van der Waals surface area contributed by atoms with Gasteiger partial charge in [-0.05, 0) is 98.1 Å². The normalized spacial score (nSPS) is 21.5. The van der Waals surface area contributed by atoms with E-state index < -0.39 is 0 Å². The average molecular weight is 570 g/mol. The van der Waals surface area contributed by atoms with Crippen LogP contribution in [0.3, 0.4) is 0 Å². The highest BCUT2D eigenvalue weighted by Gasteiger charge is 2.48. The smallest absolute Gasteiger partial charge is 0.308 e. The molecule has 3 aromatic rings. The molecule has 1 aliphatic carbocycles. The summed E-state index contributed by atoms with van der Waals surface area (Å²) in [5.74, 6) is 3.27. The summed E-state index contributed by atoms with van der Waals surface area (Å²) in [7, 11) is 0. The Labute approximate surface area is 249 Å². The van der Waals surface area contributed by atoms with Crippen molar-refractivity contribution in [3.8, 4) is 5.75 Å². The molecule has 3 atom stereocenters. The fraction of sp³-hybridized carbons (Fsp3) is 0.444. The number of ketones is 1. The van der Waals surface area contributed by atoms with Crippen LogP contribution in [0.5, 0.6) is 5.75 Å². The lowest BCUT2D eigenvalue weighted by atomic mass is 9.62. The maximum atomic E-state index is 12.7. The zero-order valence-corrected chi connectivity index (χ0v) is 25.3. The van der Waals surface area contributed by atoms with Crippen molar-refractivity contribution in [1.29, 1.82) is 0 Å². The second kappa shape index (κ2) is 13.7. The maximum absolute atomic E-state index is 12.7. The zero-order valence-electron chi connectivity index (χ0n) is 24.5. The standard InChI is InChI=1S/C36H43NO3S/c1-26(38)40-34-23-29(17-11-21-41-20-10-9-14-27-12-5-3-6-13-27)22-33-35(34)31-24-30(39)18-19-32(31)36(2,37-33)25-28-15-7-4-8-16-28/h3-8,12-13,15-16,22-23,31-32,37H,9-11,14,17-21,24-25H2,1-2H3. The monoisotopic (exact) mass is 569 g/mol. The molecule has 0 amide bonds. The van der Waals surface area contributed by atoms with Crippen LogP contribution < -0.4 is 10.1 Å². The summed E-state index contributed by atoms with van der Waals surface area (Å²) in [6, 6.07) is 25.6. The summed E-state index contributed by atoms with van der Waals surface area (Å²) in [6.07, 6.45) is 8.49. The van der Waals surface area contributed by atoms with Gasteiger partial charge in [0.15, 0.2) is 0 Å². The van der Waals surface area contributed by atoms with Crippen LogP contribution in [0.4, 0.5) is 5.69 Å². The number of hydrogen-bond acceptors (Lipinski definition) is 5. The molecule has 5 heteroatoms. The van der Waals surface area contributed by atoms with Gasteiger partial charge in [-0.3, -0.25) is 9.59 Å². The molecule has 0 radical (unpaired) electrons. The van der Waals surface area contributed by atoms with E-state index in [1.165, 1.54) is 42.2 Å². The Morgan fingerprint density at radius 3 is 2.34 bits per heavy atom. The molecule has 0 bridgehead atoms. The van der Waals surface area contributed by atoms with Crippen LogP contribution in [0, 0.1) is 5.92 Å². The number of fused-ring (bicyclic) bond motifs is 3. The molecule has 0 aromatic heterocycles. The maximum Gasteiger partial charge on any atom is 0.308 e. The number of ether oxygens (including phenoxy) is 1. The second-order valence-electron chi connectivity index (χ2n) is 12.0. The molecular formula is C36H43NO3S. The summed E-state index contributed by atoms with van der Waals surface area (Å²) in [6.45, 7) is 3.77. The fourth-order valence-electron chi connectivity index (χ4n) is 6.88. The number of esters is 1. The van der Waals surface area contributed by atoms with Crippen molar-refractivity contribution in [2.24, 2.45) is 5.92 Å². The molecule has 3 unspecified atom stereocenters. The largest absolute Gasteiger partial charge is 0.426 e. The summed E-state index contributed by atoms with van der Waals surface area (Å²) in [5.41, 5.74) is 5.74. The van der Waals surface area contributed by atoms with Gasteiger partial charge >= 0.3 is 5.97 Å². The van der Waals surface area contributed by atoms with Crippen LogP contribution in [0.25, 0.3) is 0 Å². The Morgan fingerprint density at radius 2 is 1.61 bits per heavy atom. The summed E-state index contributed by atoms with van der Waals surface area (Å²) >= 11 is 2.03. The number of unbranched alkanes of at least 4 members (excludes halogenated alkanes) is 1. The van der Waals surface area contributed by atoms with Gasteiger partial charge in [0, 0.05) is 42.5 Å². The number of nitrogens with one attached hydrogen (secondary N) is 1. The zero-order chi connectivity index (χ0) is 28.7. The topological polar surface area (TPSA) is 55.4 Å². The SMILES string of the molecule is CC(=O)Oc1cc(CCCSCCCCc2ccccc2)cc2c1C1CC(=O)CCC1C(C)(Cc1ccccc1)N2. The minimum Gasteiger partial charge on any atom is -0.426 e. The lowest BCUT2D eigenvalue weighted by Crippen LogP contribution is -2.52. The summed E-state index contributed by atoms with van der Waals surface area (Å²) in [4.78, 5) is 24.9. The van der Waals surface area contributed by atoms with Gasteiger partial charge in [0.2, 0.25) is 0 Å². The molecule has 2 aliphatic rings. The number of anilines is 1. The highest BCUT2D eigenvalue weighted by molar-refractivity contribution is 7.99. The van der Waals surface area contributed by atoms with Crippen LogP contribution in [-0.2, 0) is 28.9 Å². The van der Waals surface area contributed by atoms with Crippen molar-refractivity contribution < 1.29 is 14.3 Å². The Balaban J connectivity index is 1.27. The molecule has 0 saturated heterocycles. The molecule has 1 saturated carbocycles. The van der Waals surface area contributed by atoms with E-state index in [0.717, 1.165) is 49.1 Å². The first kappa shape index (κ1) is 29.4. The molecule has 1 heterocycles. The second-order valence-corrected chi connectivity index (χ2v) is 13.2. The predicted octanol–water partition coefficient (Wildman–Crippen LogP) is 8.18. The van der Waals surface area contributed by atoms with Gasteiger partial charge in [-0.15, -0.1) is 0 Å². The first-order chi connectivity index (χ1) is 19.9. The Morgan fingerprint density at radius 1 is 0.927 bits per heavy atom. The van der Waals surface area contributed by atoms with Gasteiger partial charge in [0.1, 0.15) is 11.5 Å². The van der Waals surface area contributed by atoms with Crippen molar-refractivity contribution in [1.82, 2.24) is 0 Å². The van der Waals surface area contributed by atoms with Crippen molar-refractivity contribution in [2.45, 2.75) is 83.1 Å². The molecule has 5 rings (SSSR count). The number of Topliss-reactive ketones (excluding diaryl/α,β-unsaturated/α-hetero) is 1. The molecule has 216 valence electrons. The minimum absolute atomic E-state index is 0.0519. The predicted molar refractivity (Wildman–Crippen MR) is 170 cm³/mol. The van der Waals surface area contributed by atoms with E-state index in [9.17, 15) is 9.59 Å². The fourth-order valence-corrected chi connectivity index (χ4v) is 7.84. The molecular weight excluding hydrogens is 526 g/mol. The van der Waals surface area contributed by atoms with Gasteiger partial charge in [-0.2, -0.15) is 11.8 Å². The van der Waals surface area contributed by atoms with Gasteiger partial charge in [0.25, 0.3) is 0 Å². The van der Waals surface area contributed by atoms with Gasteiger partial charge < -0.3 is 10.1 Å². The van der Waals surface area contributed by atoms with E-state index in [1.54, 1.807) is 0 Å². The van der Waals surface area contributed by atoms with Crippen LogP contribution in [0.15, 0.2) is 72.8 Å². The Kier molecular flexibility index (Phi) is 9.87. The molecule has 0 spiro atoms. The van der Waals surface area contributed by atoms with Crippen LogP contribution in [0.2, 0.25) is 0 Å².